The van der Waals surface area contributed by atoms with Gasteiger partial charge in [-0.15, -0.1) is 0 Å². The number of nitrogens with two attached hydrogens (primary N) is 1. The van der Waals surface area contributed by atoms with Crippen molar-refractivity contribution in [3.63, 3.8) is 0 Å². The molecule has 1 aromatic rings. The summed E-state index contributed by atoms with van der Waals surface area (Å²) in [5.74, 6) is 0.624. The van der Waals surface area contributed by atoms with Gasteiger partial charge in [-0.2, -0.15) is 0 Å². The molecule has 6 nitrogen and oxygen atoms in total. The molecule has 0 saturated heterocycles. The molecule has 0 bridgehead atoms. The molecule has 7 heteroatoms. The second-order valence-electron chi connectivity index (χ2n) is 4.69. The van der Waals surface area contributed by atoms with E-state index in [0.29, 0.717) is 43.9 Å². The fourth-order valence-corrected chi connectivity index (χ4v) is 3.44. The summed E-state index contributed by atoms with van der Waals surface area (Å²) in [6.45, 7) is 1.31. The molecular formula is C14H24N2O4S. The summed E-state index contributed by atoms with van der Waals surface area (Å²) < 4.78 is 36.7. The highest BCUT2D eigenvalue weighted by molar-refractivity contribution is 7.89. The summed E-state index contributed by atoms with van der Waals surface area (Å²) >= 11 is 0. The van der Waals surface area contributed by atoms with Gasteiger partial charge in [0.1, 0.15) is 5.75 Å². The Hall–Kier alpha value is -1.15. The van der Waals surface area contributed by atoms with Crippen molar-refractivity contribution in [2.45, 2.75) is 17.7 Å². The molecule has 1 aromatic carbocycles. The second-order valence-corrected chi connectivity index (χ2v) is 6.70. The molecule has 0 aliphatic heterocycles. The van der Waals surface area contributed by atoms with Crippen LogP contribution in [0.15, 0.2) is 23.1 Å². The number of hydrogen-bond donors (Lipinski definition) is 1. The lowest BCUT2D eigenvalue weighted by atomic mass is 10.1. The molecule has 0 unspecified atom stereocenters. The van der Waals surface area contributed by atoms with Crippen LogP contribution in [0.1, 0.15) is 12.0 Å². The first-order valence-corrected chi connectivity index (χ1v) is 8.23. The molecule has 0 atom stereocenters. The second kappa shape index (κ2) is 8.33. The Labute approximate surface area is 126 Å². The molecule has 21 heavy (non-hydrogen) atoms. The van der Waals surface area contributed by atoms with Crippen LogP contribution in [0.3, 0.4) is 0 Å². The lowest BCUT2D eigenvalue weighted by molar-refractivity contribution is 0.189. The summed E-state index contributed by atoms with van der Waals surface area (Å²) in [6, 6.07) is 4.95. The molecule has 0 heterocycles. The topological polar surface area (TPSA) is 81.9 Å². The summed E-state index contributed by atoms with van der Waals surface area (Å²) in [5.41, 5.74) is 6.25. The Morgan fingerprint density at radius 3 is 2.57 bits per heavy atom. The number of methoxy groups -OCH3 is 2. The molecule has 0 fully saturated rings. The van der Waals surface area contributed by atoms with Gasteiger partial charge in [-0.1, -0.05) is 0 Å². The third-order valence-electron chi connectivity index (χ3n) is 3.19. The van der Waals surface area contributed by atoms with Crippen LogP contribution in [-0.4, -0.2) is 53.7 Å². The van der Waals surface area contributed by atoms with Gasteiger partial charge in [-0.3, -0.25) is 0 Å². The minimum Gasteiger partial charge on any atom is -0.497 e. The lowest BCUT2D eigenvalue weighted by Crippen LogP contribution is -2.29. The molecule has 0 aliphatic rings. The van der Waals surface area contributed by atoms with Gasteiger partial charge >= 0.3 is 0 Å². The van der Waals surface area contributed by atoms with E-state index in [1.54, 1.807) is 39.5 Å². The number of sulfonamides is 1. The first-order valence-electron chi connectivity index (χ1n) is 6.79. The van der Waals surface area contributed by atoms with Gasteiger partial charge < -0.3 is 15.2 Å². The fraction of sp³-hybridized carbons (Fsp3) is 0.571. The van der Waals surface area contributed by atoms with Gasteiger partial charge in [0, 0.05) is 27.3 Å². The first kappa shape index (κ1) is 17.9. The quantitative estimate of drug-likeness (QED) is 0.683. The van der Waals surface area contributed by atoms with Crippen molar-refractivity contribution >= 4 is 10.0 Å². The Kier molecular flexibility index (Phi) is 7.10. The number of hydrogen-bond acceptors (Lipinski definition) is 5. The van der Waals surface area contributed by atoms with Gasteiger partial charge in [-0.05, 0) is 43.1 Å². The first-order chi connectivity index (χ1) is 9.97. The van der Waals surface area contributed by atoms with Crippen LogP contribution in [0.4, 0.5) is 0 Å². The van der Waals surface area contributed by atoms with E-state index in [2.05, 4.69) is 0 Å². The number of rotatable bonds is 9. The molecule has 120 valence electrons. The average Bonchev–Trinajstić information content (AvgIpc) is 2.47. The third kappa shape index (κ3) is 4.67. The van der Waals surface area contributed by atoms with E-state index < -0.39 is 10.0 Å². The van der Waals surface area contributed by atoms with Crippen LogP contribution in [0.2, 0.25) is 0 Å². The molecule has 0 aliphatic carbocycles. The van der Waals surface area contributed by atoms with Gasteiger partial charge in [0.05, 0.1) is 12.0 Å². The fourth-order valence-electron chi connectivity index (χ4n) is 2.00. The molecule has 0 radical (unpaired) electrons. The van der Waals surface area contributed by atoms with E-state index in [9.17, 15) is 8.42 Å². The van der Waals surface area contributed by atoms with E-state index in [1.807, 2.05) is 0 Å². The van der Waals surface area contributed by atoms with Crippen molar-refractivity contribution < 1.29 is 17.9 Å². The van der Waals surface area contributed by atoms with Crippen molar-refractivity contribution in [3.8, 4) is 5.75 Å². The maximum atomic E-state index is 12.6. The van der Waals surface area contributed by atoms with Crippen molar-refractivity contribution in [3.05, 3.63) is 23.8 Å². The average molecular weight is 316 g/mol. The van der Waals surface area contributed by atoms with Gasteiger partial charge in [0.25, 0.3) is 0 Å². The van der Waals surface area contributed by atoms with Crippen LogP contribution < -0.4 is 10.5 Å². The standard InChI is InChI=1S/C14H24N2O4S/c1-16(9-4-10-19-2)21(17,18)14-6-5-13(20-3)11-12(14)7-8-15/h5-6,11H,4,7-10,15H2,1-3H3. The van der Waals surface area contributed by atoms with Gasteiger partial charge in [-0.25, -0.2) is 12.7 Å². The zero-order chi connectivity index (χ0) is 15.9. The van der Waals surface area contributed by atoms with E-state index in [1.165, 1.54) is 4.31 Å². The normalized spacial score (nSPS) is 11.9. The van der Waals surface area contributed by atoms with Crippen LogP contribution in [0, 0.1) is 0 Å². The van der Waals surface area contributed by atoms with Gasteiger partial charge in [0.15, 0.2) is 0 Å². The Bertz CT molecular complexity index is 546. The largest absolute Gasteiger partial charge is 0.497 e. The zero-order valence-corrected chi connectivity index (χ0v) is 13.6. The van der Waals surface area contributed by atoms with Crippen molar-refractivity contribution in [2.24, 2.45) is 5.73 Å². The highest BCUT2D eigenvalue weighted by Gasteiger charge is 2.23. The maximum Gasteiger partial charge on any atom is 0.243 e. The van der Waals surface area contributed by atoms with E-state index in [-0.39, 0.29) is 4.90 Å². The Morgan fingerprint density at radius 2 is 2.00 bits per heavy atom. The molecule has 0 aromatic heterocycles. The number of ether oxygens (including phenoxy) is 2. The van der Waals surface area contributed by atoms with Crippen LogP contribution in [-0.2, 0) is 21.2 Å². The molecule has 2 N–H and O–H groups in total. The van der Waals surface area contributed by atoms with E-state index >= 15 is 0 Å². The minimum absolute atomic E-state index is 0.286. The molecule has 1 rings (SSSR count). The van der Waals surface area contributed by atoms with E-state index in [4.69, 9.17) is 15.2 Å². The smallest absolute Gasteiger partial charge is 0.243 e. The summed E-state index contributed by atoms with van der Waals surface area (Å²) in [4.78, 5) is 0.286. The number of benzene rings is 1. The zero-order valence-electron chi connectivity index (χ0n) is 12.8. The van der Waals surface area contributed by atoms with Crippen molar-refractivity contribution in [2.75, 3.05) is 41.0 Å². The van der Waals surface area contributed by atoms with Crippen LogP contribution in [0.25, 0.3) is 0 Å². The van der Waals surface area contributed by atoms with Gasteiger partial charge in [0.2, 0.25) is 10.0 Å². The van der Waals surface area contributed by atoms with Crippen molar-refractivity contribution in [1.82, 2.24) is 4.31 Å². The Morgan fingerprint density at radius 1 is 1.29 bits per heavy atom. The summed E-state index contributed by atoms with van der Waals surface area (Å²) in [7, 11) is 1.18. The number of nitrogens with zero attached hydrogens (tertiary/aromatic N) is 1. The molecule has 0 saturated carbocycles. The predicted molar refractivity (Wildman–Crippen MR) is 82.1 cm³/mol. The third-order valence-corrected chi connectivity index (χ3v) is 5.15. The monoisotopic (exact) mass is 316 g/mol. The lowest BCUT2D eigenvalue weighted by Gasteiger charge is -2.19. The predicted octanol–water partition coefficient (Wildman–Crippen LogP) is 0.853. The van der Waals surface area contributed by atoms with E-state index in [0.717, 1.165) is 0 Å². The van der Waals surface area contributed by atoms with Crippen molar-refractivity contribution in [1.29, 1.82) is 0 Å². The summed E-state index contributed by atoms with van der Waals surface area (Å²) in [5, 5.41) is 0. The summed E-state index contributed by atoms with van der Waals surface area (Å²) in [6.07, 6.45) is 1.13. The Balaban J connectivity index is 3.06. The molecular weight excluding hydrogens is 292 g/mol. The highest BCUT2D eigenvalue weighted by Crippen LogP contribution is 2.24. The minimum atomic E-state index is -3.53. The SMILES string of the molecule is COCCCN(C)S(=O)(=O)c1ccc(OC)cc1CCN. The maximum absolute atomic E-state index is 12.6. The highest BCUT2D eigenvalue weighted by atomic mass is 32.2. The molecule has 0 amide bonds. The van der Waals surface area contributed by atoms with Crippen LogP contribution >= 0.6 is 0 Å². The van der Waals surface area contributed by atoms with Crippen LogP contribution in [0.5, 0.6) is 5.75 Å². The molecule has 0 spiro atoms.